The van der Waals surface area contributed by atoms with Crippen LogP contribution >= 0.6 is 34.8 Å². The molecule has 1 rings (SSSR count). The summed E-state index contributed by atoms with van der Waals surface area (Å²) in [6.45, 7) is 0. The molecule has 0 aliphatic rings. The quantitative estimate of drug-likeness (QED) is 0.510. The van der Waals surface area contributed by atoms with Crippen molar-refractivity contribution in [2.75, 3.05) is 0 Å². The fourth-order valence-corrected chi connectivity index (χ4v) is 1.78. The Bertz CT molecular complexity index is 232. The number of benzene rings is 1. The second kappa shape index (κ2) is 3.54. The van der Waals surface area contributed by atoms with E-state index in [1.54, 1.807) is 6.07 Å². The third kappa shape index (κ3) is 1.74. The Kier molecular flexibility index (Phi) is 3.18. The molecule has 1 aromatic rings. The number of halogens is 3. The molecule has 0 aliphatic heterocycles. The Morgan fingerprint density at radius 1 is 1.00 bits per heavy atom. The van der Waals surface area contributed by atoms with Gasteiger partial charge in [0.15, 0.2) is 0 Å². The van der Waals surface area contributed by atoms with Crippen molar-refractivity contribution < 1.29 is 0 Å². The second-order valence-corrected chi connectivity index (χ2v) is 4.23. The average Bonchev–Trinajstić information content (AvgIpc) is 1.93. The molecule has 0 spiro atoms. The third-order valence-corrected chi connectivity index (χ3v) is 3.77. The summed E-state index contributed by atoms with van der Waals surface area (Å²) in [6, 6.07) is 3.59. The summed E-state index contributed by atoms with van der Waals surface area (Å²) in [5.41, 5.74) is 0. The van der Waals surface area contributed by atoms with E-state index in [4.69, 9.17) is 34.8 Å². The summed E-state index contributed by atoms with van der Waals surface area (Å²) in [6.07, 6.45) is 0. The summed E-state index contributed by atoms with van der Waals surface area (Å²) in [5, 5.41) is 1.51. The molecule has 0 aliphatic carbocycles. The Hall–Kier alpha value is 0.908. The van der Waals surface area contributed by atoms with Gasteiger partial charge >= 0.3 is 88.5 Å². The third-order valence-electron chi connectivity index (χ3n) is 1.01. The van der Waals surface area contributed by atoms with Crippen molar-refractivity contribution in [2.24, 2.45) is 0 Å². The molecule has 0 amide bonds. The van der Waals surface area contributed by atoms with Crippen LogP contribution in [-0.4, -0.2) is 23.0 Å². The van der Waals surface area contributed by atoms with Gasteiger partial charge in [0, 0.05) is 0 Å². The molecule has 0 nitrogen and oxygen atoms in total. The molecule has 0 aromatic heterocycles. The molecule has 0 saturated carbocycles. The summed E-state index contributed by atoms with van der Waals surface area (Å²) in [4.78, 5) is 0. The predicted molar refractivity (Wildman–Crippen MR) is 46.9 cm³/mol. The maximum atomic E-state index is 5.78. The molecule has 4 heteroatoms. The van der Waals surface area contributed by atoms with E-state index in [0.717, 1.165) is 3.51 Å². The van der Waals surface area contributed by atoms with E-state index in [0.29, 0.717) is 15.1 Å². The SMILES string of the molecule is Clc1cc[c]([Sb])c(Cl)c1Cl. The fourth-order valence-electron chi connectivity index (χ4n) is 0.516. The first-order valence-electron chi connectivity index (χ1n) is 2.45. The van der Waals surface area contributed by atoms with Crippen LogP contribution in [0.15, 0.2) is 12.1 Å². The molecule has 2 radical (unpaired) electrons. The van der Waals surface area contributed by atoms with Crippen LogP contribution in [0.4, 0.5) is 0 Å². The van der Waals surface area contributed by atoms with Crippen molar-refractivity contribution in [3.8, 4) is 0 Å². The van der Waals surface area contributed by atoms with Gasteiger partial charge in [-0.15, -0.1) is 0 Å². The first-order chi connectivity index (χ1) is 4.63. The minimum atomic E-state index is 0.446. The standard InChI is InChI=1S/C6H2Cl3.Sb/c7-4-2-1-3-5(8)6(4)9;/h1-2H;. The number of hydrogen-bond acceptors (Lipinski definition) is 0. The van der Waals surface area contributed by atoms with Gasteiger partial charge in [0.1, 0.15) is 0 Å². The molecule has 0 fully saturated rings. The number of rotatable bonds is 0. The monoisotopic (exact) mass is 300 g/mol. The molecule has 0 heterocycles. The van der Waals surface area contributed by atoms with Crippen LogP contribution < -0.4 is 3.51 Å². The van der Waals surface area contributed by atoms with E-state index in [1.165, 1.54) is 23.0 Å². The zero-order chi connectivity index (χ0) is 7.72. The Morgan fingerprint density at radius 3 is 2.10 bits per heavy atom. The molecule has 0 atom stereocenters. The molecule has 0 bridgehead atoms. The molecule has 52 valence electrons. The van der Waals surface area contributed by atoms with Gasteiger partial charge in [0.25, 0.3) is 0 Å². The van der Waals surface area contributed by atoms with E-state index in [1.807, 2.05) is 6.07 Å². The van der Waals surface area contributed by atoms with Gasteiger partial charge in [-0.25, -0.2) is 0 Å². The summed E-state index contributed by atoms with van der Waals surface area (Å²) < 4.78 is 0.991. The van der Waals surface area contributed by atoms with Crippen LogP contribution in [0.1, 0.15) is 0 Å². The van der Waals surface area contributed by atoms with Gasteiger partial charge in [-0.1, -0.05) is 0 Å². The predicted octanol–water partition coefficient (Wildman–Crippen LogP) is 2.44. The molecule has 0 unspecified atom stereocenters. The van der Waals surface area contributed by atoms with Crippen LogP contribution in [0.3, 0.4) is 0 Å². The van der Waals surface area contributed by atoms with Crippen molar-refractivity contribution in [3.05, 3.63) is 27.2 Å². The zero-order valence-corrected chi connectivity index (χ0v) is 9.56. The molecule has 0 saturated heterocycles. The van der Waals surface area contributed by atoms with Crippen LogP contribution in [0, 0.1) is 0 Å². The van der Waals surface area contributed by atoms with E-state index in [-0.39, 0.29) is 0 Å². The number of hydrogen-bond donors (Lipinski definition) is 0. The van der Waals surface area contributed by atoms with E-state index in [9.17, 15) is 0 Å². The molecular formula is C6H2Cl3Sb. The van der Waals surface area contributed by atoms with E-state index < -0.39 is 0 Å². The second-order valence-electron chi connectivity index (χ2n) is 1.69. The van der Waals surface area contributed by atoms with Crippen LogP contribution in [-0.2, 0) is 0 Å². The molecule has 1 aromatic carbocycles. The summed E-state index contributed by atoms with van der Waals surface area (Å²) in [5.74, 6) is 0. The van der Waals surface area contributed by atoms with Gasteiger partial charge in [-0.2, -0.15) is 0 Å². The summed E-state index contributed by atoms with van der Waals surface area (Å²) >= 11 is 18.7. The Balaban J connectivity index is 3.34. The zero-order valence-electron chi connectivity index (χ0n) is 4.74. The van der Waals surface area contributed by atoms with Crippen molar-refractivity contribution >= 4 is 61.3 Å². The van der Waals surface area contributed by atoms with Crippen molar-refractivity contribution in [3.63, 3.8) is 0 Å². The van der Waals surface area contributed by atoms with Crippen LogP contribution in [0.2, 0.25) is 15.1 Å². The minimum absolute atomic E-state index is 0.446. The van der Waals surface area contributed by atoms with Gasteiger partial charge in [-0.05, 0) is 0 Å². The first kappa shape index (κ1) is 9.00. The normalized spacial score (nSPS) is 10.0. The van der Waals surface area contributed by atoms with Gasteiger partial charge in [0.05, 0.1) is 0 Å². The Labute approximate surface area is 87.9 Å². The van der Waals surface area contributed by atoms with E-state index in [2.05, 4.69) is 0 Å². The van der Waals surface area contributed by atoms with Crippen molar-refractivity contribution in [1.29, 1.82) is 0 Å². The first-order valence-corrected chi connectivity index (χ1v) is 4.86. The van der Waals surface area contributed by atoms with Gasteiger partial charge in [-0.3, -0.25) is 0 Å². The fraction of sp³-hybridized carbons (Fsp3) is 0. The molecule has 0 N–H and O–H groups in total. The average molecular weight is 302 g/mol. The van der Waals surface area contributed by atoms with Gasteiger partial charge in [0.2, 0.25) is 0 Å². The topological polar surface area (TPSA) is 0 Å². The van der Waals surface area contributed by atoms with Crippen LogP contribution in [0.5, 0.6) is 0 Å². The van der Waals surface area contributed by atoms with Crippen molar-refractivity contribution in [1.82, 2.24) is 0 Å². The maximum absolute atomic E-state index is 5.78. The Morgan fingerprint density at radius 2 is 1.60 bits per heavy atom. The summed E-state index contributed by atoms with van der Waals surface area (Å²) in [7, 11) is 0. The van der Waals surface area contributed by atoms with E-state index >= 15 is 0 Å². The molecular weight excluding hydrogens is 300 g/mol. The van der Waals surface area contributed by atoms with Crippen molar-refractivity contribution in [2.45, 2.75) is 0 Å². The van der Waals surface area contributed by atoms with Gasteiger partial charge < -0.3 is 0 Å². The molecule has 10 heavy (non-hydrogen) atoms. The van der Waals surface area contributed by atoms with Crippen LogP contribution in [0.25, 0.3) is 0 Å².